The van der Waals surface area contributed by atoms with Crippen molar-refractivity contribution >= 4 is 11.6 Å². The van der Waals surface area contributed by atoms with Gasteiger partial charge in [0.1, 0.15) is 0 Å². The summed E-state index contributed by atoms with van der Waals surface area (Å²) in [5.74, 6) is 0.181. The van der Waals surface area contributed by atoms with Crippen LogP contribution in [0.25, 0.3) is 0 Å². The number of carbonyl (C=O) groups excluding carboxylic acids is 1. The van der Waals surface area contributed by atoms with Gasteiger partial charge in [0.2, 0.25) is 0 Å². The third kappa shape index (κ3) is 3.67. The smallest absolute Gasteiger partial charge is 0.254 e. The average molecular weight is 316 g/mol. The quantitative estimate of drug-likeness (QED) is 0.829. The number of amides is 1. The van der Waals surface area contributed by atoms with Crippen molar-refractivity contribution in [3.05, 3.63) is 29.3 Å². The van der Waals surface area contributed by atoms with Crippen LogP contribution in [0.2, 0.25) is 0 Å². The highest BCUT2D eigenvalue weighted by atomic mass is 16.2. The number of rotatable bonds is 4. The Balaban J connectivity index is 1.59. The van der Waals surface area contributed by atoms with Gasteiger partial charge in [-0.25, -0.2) is 0 Å². The lowest BCUT2D eigenvalue weighted by Gasteiger charge is -2.35. The van der Waals surface area contributed by atoms with Crippen molar-refractivity contribution in [3.63, 3.8) is 0 Å². The zero-order chi connectivity index (χ0) is 16.4. The predicted molar refractivity (Wildman–Crippen MR) is 94.3 cm³/mol. The molecule has 3 rings (SSSR count). The molecule has 2 heterocycles. The number of fused-ring (bicyclic) bond motifs is 1. The van der Waals surface area contributed by atoms with Crippen molar-refractivity contribution in [2.45, 2.75) is 6.42 Å². The number of piperazine rings is 1. The van der Waals surface area contributed by atoms with E-state index in [1.165, 1.54) is 11.3 Å². The zero-order valence-corrected chi connectivity index (χ0v) is 14.6. The summed E-state index contributed by atoms with van der Waals surface area (Å²) in [4.78, 5) is 21.7. The van der Waals surface area contributed by atoms with Gasteiger partial charge in [0.15, 0.2) is 0 Å². The first-order valence-corrected chi connectivity index (χ1v) is 8.55. The van der Waals surface area contributed by atoms with Gasteiger partial charge in [0.05, 0.1) is 0 Å². The molecule has 1 amide bonds. The van der Waals surface area contributed by atoms with Crippen LogP contribution in [0, 0.1) is 0 Å². The Bertz CT molecular complexity index is 564. The lowest BCUT2D eigenvalue weighted by molar-refractivity contribution is 0.0630. The van der Waals surface area contributed by atoms with Crippen molar-refractivity contribution in [1.29, 1.82) is 0 Å². The minimum absolute atomic E-state index is 0.181. The molecule has 0 spiro atoms. The highest BCUT2D eigenvalue weighted by molar-refractivity contribution is 5.95. The molecule has 0 aliphatic carbocycles. The van der Waals surface area contributed by atoms with Gasteiger partial charge in [-0.05, 0) is 38.2 Å². The molecule has 1 saturated heterocycles. The van der Waals surface area contributed by atoms with Crippen LogP contribution < -0.4 is 4.90 Å². The molecule has 1 aromatic carbocycles. The van der Waals surface area contributed by atoms with Gasteiger partial charge >= 0.3 is 0 Å². The minimum atomic E-state index is 0.181. The molecule has 0 unspecified atom stereocenters. The fourth-order valence-electron chi connectivity index (χ4n) is 3.37. The standard InChI is InChI=1S/C18H28N4O/c1-19(2)8-9-21-10-12-22(13-11-21)18(23)16-5-4-15-6-7-20(3)17(15)14-16/h4-5,14H,6-13H2,1-3H3. The number of carbonyl (C=O) groups is 1. The topological polar surface area (TPSA) is 30.0 Å². The third-order valence-corrected chi connectivity index (χ3v) is 4.98. The van der Waals surface area contributed by atoms with Crippen molar-refractivity contribution in [3.8, 4) is 0 Å². The molecule has 0 bridgehead atoms. The summed E-state index contributed by atoms with van der Waals surface area (Å²) in [7, 11) is 6.30. The van der Waals surface area contributed by atoms with E-state index < -0.39 is 0 Å². The molecule has 0 atom stereocenters. The molecular formula is C18H28N4O. The number of anilines is 1. The van der Waals surface area contributed by atoms with Gasteiger partial charge in [-0.3, -0.25) is 9.69 Å². The summed E-state index contributed by atoms with van der Waals surface area (Å²) >= 11 is 0. The normalized spacial score (nSPS) is 18.6. The van der Waals surface area contributed by atoms with Gasteiger partial charge in [0, 0.05) is 64.1 Å². The van der Waals surface area contributed by atoms with Crippen LogP contribution in [0.1, 0.15) is 15.9 Å². The van der Waals surface area contributed by atoms with Crippen molar-refractivity contribution in [2.75, 3.05) is 71.9 Å². The van der Waals surface area contributed by atoms with Crippen LogP contribution in [-0.2, 0) is 6.42 Å². The Morgan fingerprint density at radius 3 is 2.57 bits per heavy atom. The Hall–Kier alpha value is -1.59. The van der Waals surface area contributed by atoms with Crippen LogP contribution in [0.3, 0.4) is 0 Å². The van der Waals surface area contributed by atoms with Crippen LogP contribution >= 0.6 is 0 Å². The van der Waals surface area contributed by atoms with E-state index in [0.29, 0.717) is 0 Å². The van der Waals surface area contributed by atoms with Crippen molar-refractivity contribution < 1.29 is 4.79 Å². The zero-order valence-electron chi connectivity index (χ0n) is 14.6. The number of hydrogen-bond acceptors (Lipinski definition) is 4. The maximum absolute atomic E-state index is 12.8. The van der Waals surface area contributed by atoms with Crippen LogP contribution in [0.4, 0.5) is 5.69 Å². The molecule has 23 heavy (non-hydrogen) atoms. The molecule has 126 valence electrons. The van der Waals surface area contributed by atoms with E-state index >= 15 is 0 Å². The Morgan fingerprint density at radius 2 is 1.87 bits per heavy atom. The largest absolute Gasteiger partial charge is 0.374 e. The molecule has 5 nitrogen and oxygen atoms in total. The third-order valence-electron chi connectivity index (χ3n) is 4.98. The van der Waals surface area contributed by atoms with E-state index in [1.807, 2.05) is 11.0 Å². The van der Waals surface area contributed by atoms with Crippen molar-refractivity contribution in [2.24, 2.45) is 0 Å². The van der Waals surface area contributed by atoms with Crippen LogP contribution in [-0.4, -0.2) is 87.6 Å². The number of hydrogen-bond donors (Lipinski definition) is 0. The second-order valence-corrected chi connectivity index (χ2v) is 6.95. The molecule has 1 aromatic rings. The van der Waals surface area contributed by atoms with E-state index in [4.69, 9.17) is 0 Å². The van der Waals surface area contributed by atoms with E-state index in [1.54, 1.807) is 0 Å². The number of benzene rings is 1. The highest BCUT2D eigenvalue weighted by Crippen LogP contribution is 2.28. The number of likely N-dealkylation sites (N-methyl/N-ethyl adjacent to an activating group) is 2. The predicted octanol–water partition coefficient (Wildman–Crippen LogP) is 0.998. The van der Waals surface area contributed by atoms with Crippen molar-refractivity contribution in [1.82, 2.24) is 14.7 Å². The van der Waals surface area contributed by atoms with E-state index in [-0.39, 0.29) is 5.91 Å². The van der Waals surface area contributed by atoms with Crippen LogP contribution in [0.15, 0.2) is 18.2 Å². The van der Waals surface area contributed by atoms with E-state index in [0.717, 1.165) is 57.8 Å². The molecule has 5 heteroatoms. The highest BCUT2D eigenvalue weighted by Gasteiger charge is 2.24. The summed E-state index contributed by atoms with van der Waals surface area (Å²) in [5, 5.41) is 0. The molecule has 0 N–H and O–H groups in total. The summed E-state index contributed by atoms with van der Waals surface area (Å²) < 4.78 is 0. The maximum Gasteiger partial charge on any atom is 0.254 e. The second kappa shape index (κ2) is 6.89. The average Bonchev–Trinajstić information content (AvgIpc) is 2.93. The van der Waals surface area contributed by atoms with Gasteiger partial charge in [-0.2, -0.15) is 0 Å². The first-order valence-electron chi connectivity index (χ1n) is 8.55. The first kappa shape index (κ1) is 16.3. The van der Waals surface area contributed by atoms with Gasteiger partial charge < -0.3 is 14.7 Å². The SMILES string of the molecule is CN(C)CCN1CCN(C(=O)c2ccc3c(c2)N(C)CC3)CC1. The Labute approximate surface area is 139 Å². The summed E-state index contributed by atoms with van der Waals surface area (Å²) in [6.07, 6.45) is 1.09. The monoisotopic (exact) mass is 316 g/mol. The number of nitrogens with zero attached hydrogens (tertiary/aromatic N) is 4. The first-order chi connectivity index (χ1) is 11.0. The summed E-state index contributed by atoms with van der Waals surface area (Å²) in [5.41, 5.74) is 3.41. The second-order valence-electron chi connectivity index (χ2n) is 6.95. The Morgan fingerprint density at radius 1 is 1.13 bits per heavy atom. The summed E-state index contributed by atoms with van der Waals surface area (Å²) in [6, 6.07) is 6.20. The fourth-order valence-corrected chi connectivity index (χ4v) is 3.37. The minimum Gasteiger partial charge on any atom is -0.374 e. The lowest BCUT2D eigenvalue weighted by atomic mass is 10.1. The van der Waals surface area contributed by atoms with E-state index in [2.05, 4.69) is 48.0 Å². The van der Waals surface area contributed by atoms with E-state index in [9.17, 15) is 4.79 Å². The van der Waals surface area contributed by atoms with Gasteiger partial charge in [-0.1, -0.05) is 6.07 Å². The summed E-state index contributed by atoms with van der Waals surface area (Å²) in [6.45, 7) is 6.83. The van der Waals surface area contributed by atoms with Gasteiger partial charge in [0.25, 0.3) is 5.91 Å². The fraction of sp³-hybridized carbons (Fsp3) is 0.611. The maximum atomic E-state index is 12.8. The molecule has 1 fully saturated rings. The molecule has 0 aromatic heterocycles. The van der Waals surface area contributed by atoms with Crippen LogP contribution in [0.5, 0.6) is 0 Å². The molecule has 2 aliphatic heterocycles. The Kier molecular flexibility index (Phi) is 4.87. The molecule has 0 saturated carbocycles. The lowest BCUT2D eigenvalue weighted by Crippen LogP contribution is -2.50. The van der Waals surface area contributed by atoms with Gasteiger partial charge in [-0.15, -0.1) is 0 Å². The molecule has 2 aliphatic rings. The molecule has 0 radical (unpaired) electrons. The molecular weight excluding hydrogens is 288 g/mol.